The van der Waals surface area contributed by atoms with E-state index in [1.54, 1.807) is 22.9 Å². The molecule has 2 amide bonds. The number of ether oxygens (including phenoxy) is 3. The van der Waals surface area contributed by atoms with Gasteiger partial charge in [0.15, 0.2) is 11.5 Å². The molecule has 0 N–H and O–H groups in total. The van der Waals surface area contributed by atoms with Gasteiger partial charge in [-0.25, -0.2) is 4.79 Å². The number of benzene rings is 1. The van der Waals surface area contributed by atoms with E-state index in [4.69, 9.17) is 14.2 Å². The minimum Gasteiger partial charge on any atom is -0.485 e. The molecule has 0 aromatic heterocycles. The highest BCUT2D eigenvalue weighted by Crippen LogP contribution is 2.31. The van der Waals surface area contributed by atoms with Gasteiger partial charge in [0.1, 0.15) is 12.2 Å². The van der Waals surface area contributed by atoms with Crippen LogP contribution in [0.2, 0.25) is 0 Å². The normalized spacial score (nSPS) is 21.8. The second-order valence-electron chi connectivity index (χ2n) is 8.52. The summed E-state index contributed by atoms with van der Waals surface area (Å²) >= 11 is 0. The molecule has 0 radical (unpaired) electrons. The maximum absolute atomic E-state index is 12.8. The third kappa shape index (κ3) is 5.09. The number of carbonyl (C=O) groups is 2. The van der Waals surface area contributed by atoms with E-state index in [2.05, 4.69) is 0 Å². The van der Waals surface area contributed by atoms with Crippen molar-refractivity contribution in [2.24, 2.45) is 5.92 Å². The number of likely N-dealkylation sites (tertiary alicyclic amines) is 1. The first-order chi connectivity index (χ1) is 13.2. The highest BCUT2D eigenvalue weighted by atomic mass is 16.6. The molecule has 3 rings (SSSR count). The SMILES string of the molecule is CN(C[C@H]1CCCN(C(=O)OC(C)(C)C)C1)C(=O)[C@H]1COc2ccccc2O1. The Morgan fingerprint density at radius 2 is 1.96 bits per heavy atom. The lowest BCUT2D eigenvalue weighted by atomic mass is 9.97. The molecule has 154 valence electrons. The number of carbonyl (C=O) groups excluding carboxylic acids is 2. The molecular formula is C21H30N2O5. The Morgan fingerprint density at radius 3 is 2.68 bits per heavy atom. The molecule has 1 aromatic rings. The van der Waals surface area contributed by atoms with Gasteiger partial charge in [-0.3, -0.25) is 4.79 Å². The maximum atomic E-state index is 12.8. The molecule has 7 nitrogen and oxygen atoms in total. The molecule has 0 bridgehead atoms. The minimum atomic E-state index is -0.648. The Hall–Kier alpha value is -2.44. The first-order valence-corrected chi connectivity index (χ1v) is 9.84. The fourth-order valence-electron chi connectivity index (χ4n) is 3.57. The zero-order chi connectivity index (χ0) is 20.3. The topological polar surface area (TPSA) is 68.3 Å². The second-order valence-corrected chi connectivity index (χ2v) is 8.52. The Labute approximate surface area is 166 Å². The van der Waals surface area contributed by atoms with E-state index in [-0.39, 0.29) is 24.5 Å². The Kier molecular flexibility index (Phi) is 6.01. The molecule has 1 saturated heterocycles. The van der Waals surface area contributed by atoms with Gasteiger partial charge in [0.25, 0.3) is 5.91 Å². The third-order valence-corrected chi connectivity index (χ3v) is 4.86. The molecule has 28 heavy (non-hydrogen) atoms. The van der Waals surface area contributed by atoms with E-state index in [0.29, 0.717) is 31.1 Å². The Bertz CT molecular complexity index is 715. The number of likely N-dealkylation sites (N-methyl/N-ethyl adjacent to an activating group) is 1. The van der Waals surface area contributed by atoms with Gasteiger partial charge in [-0.1, -0.05) is 12.1 Å². The number of hydrogen-bond donors (Lipinski definition) is 0. The van der Waals surface area contributed by atoms with Crippen LogP contribution in [0.5, 0.6) is 11.5 Å². The molecule has 2 atom stereocenters. The van der Waals surface area contributed by atoms with Gasteiger partial charge < -0.3 is 24.0 Å². The van der Waals surface area contributed by atoms with Crippen LogP contribution in [-0.2, 0) is 9.53 Å². The van der Waals surface area contributed by atoms with Crippen LogP contribution in [0.25, 0.3) is 0 Å². The fourth-order valence-corrected chi connectivity index (χ4v) is 3.57. The number of piperidine rings is 1. The first-order valence-electron chi connectivity index (χ1n) is 9.84. The van der Waals surface area contributed by atoms with Crippen LogP contribution >= 0.6 is 0 Å². The van der Waals surface area contributed by atoms with E-state index in [1.807, 2.05) is 39.0 Å². The highest BCUT2D eigenvalue weighted by molar-refractivity contribution is 5.81. The summed E-state index contributed by atoms with van der Waals surface area (Å²) < 4.78 is 16.9. The number of fused-ring (bicyclic) bond motifs is 1. The van der Waals surface area contributed by atoms with Crippen molar-refractivity contribution in [3.63, 3.8) is 0 Å². The number of nitrogens with zero attached hydrogens (tertiary/aromatic N) is 2. The van der Waals surface area contributed by atoms with Crippen LogP contribution in [0, 0.1) is 5.92 Å². The van der Waals surface area contributed by atoms with Crippen LogP contribution in [0.15, 0.2) is 24.3 Å². The summed E-state index contributed by atoms with van der Waals surface area (Å²) in [5.41, 5.74) is -0.509. The molecule has 0 saturated carbocycles. The zero-order valence-corrected chi connectivity index (χ0v) is 17.1. The van der Waals surface area contributed by atoms with Crippen molar-refractivity contribution in [2.45, 2.75) is 45.3 Å². The van der Waals surface area contributed by atoms with Crippen molar-refractivity contribution in [1.29, 1.82) is 0 Å². The summed E-state index contributed by atoms with van der Waals surface area (Å²) in [7, 11) is 1.78. The van der Waals surface area contributed by atoms with Crippen molar-refractivity contribution in [2.75, 3.05) is 33.3 Å². The van der Waals surface area contributed by atoms with E-state index in [1.165, 1.54) is 0 Å². The van der Waals surface area contributed by atoms with E-state index in [0.717, 1.165) is 12.8 Å². The average Bonchev–Trinajstić information content (AvgIpc) is 2.66. The predicted molar refractivity (Wildman–Crippen MR) is 105 cm³/mol. The summed E-state index contributed by atoms with van der Waals surface area (Å²) in [6, 6.07) is 7.35. The molecule has 0 aliphatic carbocycles. The number of amides is 2. The van der Waals surface area contributed by atoms with Crippen molar-refractivity contribution in [3.05, 3.63) is 24.3 Å². The number of hydrogen-bond acceptors (Lipinski definition) is 5. The number of rotatable bonds is 3. The zero-order valence-electron chi connectivity index (χ0n) is 17.1. The molecule has 2 aliphatic rings. The van der Waals surface area contributed by atoms with Crippen LogP contribution in [0.4, 0.5) is 4.79 Å². The van der Waals surface area contributed by atoms with Crippen molar-refractivity contribution in [3.8, 4) is 11.5 Å². The summed E-state index contributed by atoms with van der Waals surface area (Å²) in [5.74, 6) is 1.36. The first kappa shape index (κ1) is 20.3. The molecular weight excluding hydrogens is 360 g/mol. The maximum Gasteiger partial charge on any atom is 0.410 e. The van der Waals surface area contributed by atoms with Crippen LogP contribution in [-0.4, -0.2) is 66.8 Å². The minimum absolute atomic E-state index is 0.108. The Balaban J connectivity index is 1.53. The molecule has 0 unspecified atom stereocenters. The van der Waals surface area contributed by atoms with Gasteiger partial charge >= 0.3 is 6.09 Å². The van der Waals surface area contributed by atoms with Gasteiger partial charge in [-0.05, 0) is 51.7 Å². The molecule has 2 heterocycles. The van der Waals surface area contributed by atoms with Crippen molar-refractivity contribution >= 4 is 12.0 Å². The lowest BCUT2D eigenvalue weighted by molar-refractivity contribution is -0.140. The third-order valence-electron chi connectivity index (χ3n) is 4.86. The van der Waals surface area contributed by atoms with Gasteiger partial charge in [0.2, 0.25) is 6.10 Å². The van der Waals surface area contributed by atoms with Crippen LogP contribution < -0.4 is 9.47 Å². The average molecular weight is 390 g/mol. The molecule has 2 aliphatic heterocycles. The van der Waals surface area contributed by atoms with Crippen molar-refractivity contribution < 1.29 is 23.8 Å². The molecule has 0 spiro atoms. The summed E-state index contributed by atoms with van der Waals surface area (Å²) in [5, 5.41) is 0. The fraction of sp³-hybridized carbons (Fsp3) is 0.619. The van der Waals surface area contributed by atoms with E-state index >= 15 is 0 Å². The van der Waals surface area contributed by atoms with E-state index in [9.17, 15) is 9.59 Å². The smallest absolute Gasteiger partial charge is 0.410 e. The molecule has 1 aromatic carbocycles. The van der Waals surface area contributed by atoms with Crippen molar-refractivity contribution in [1.82, 2.24) is 9.80 Å². The predicted octanol–water partition coefficient (Wildman–Crippen LogP) is 2.93. The standard InChI is InChI=1S/C21H30N2O5/c1-21(2,3)28-20(25)23-11-7-8-15(13-23)12-22(4)19(24)18-14-26-16-9-5-6-10-17(16)27-18/h5-6,9-10,15,18H,7-8,11-14H2,1-4H3/t15-,18-/m1/s1. The van der Waals surface area contributed by atoms with Gasteiger partial charge in [-0.15, -0.1) is 0 Å². The lowest BCUT2D eigenvalue weighted by Crippen LogP contribution is -2.49. The largest absolute Gasteiger partial charge is 0.485 e. The lowest BCUT2D eigenvalue weighted by Gasteiger charge is -2.36. The van der Waals surface area contributed by atoms with Crippen LogP contribution in [0.1, 0.15) is 33.6 Å². The molecule has 7 heteroatoms. The summed E-state index contributed by atoms with van der Waals surface area (Å²) in [6.07, 6.45) is 0.946. The quantitative estimate of drug-likeness (QED) is 0.794. The van der Waals surface area contributed by atoms with Crippen LogP contribution in [0.3, 0.4) is 0 Å². The highest BCUT2D eigenvalue weighted by Gasteiger charge is 2.33. The van der Waals surface area contributed by atoms with Gasteiger partial charge in [0.05, 0.1) is 0 Å². The Morgan fingerprint density at radius 1 is 1.25 bits per heavy atom. The summed E-state index contributed by atoms with van der Waals surface area (Å²) in [6.45, 7) is 7.65. The summed E-state index contributed by atoms with van der Waals surface area (Å²) in [4.78, 5) is 28.6. The molecule has 1 fully saturated rings. The van der Waals surface area contributed by atoms with E-state index < -0.39 is 11.7 Å². The second kappa shape index (κ2) is 8.29. The monoisotopic (exact) mass is 390 g/mol. The van der Waals surface area contributed by atoms with Gasteiger partial charge in [0, 0.05) is 26.7 Å². The number of para-hydroxylation sites is 2. The van der Waals surface area contributed by atoms with Gasteiger partial charge in [-0.2, -0.15) is 0 Å².